The third kappa shape index (κ3) is 287. The summed E-state index contributed by atoms with van der Waals surface area (Å²) in [6, 6.07) is 0. The van der Waals surface area contributed by atoms with Crippen molar-refractivity contribution in [2.45, 2.75) is 0 Å². The third-order valence-electron chi connectivity index (χ3n) is 0. The van der Waals surface area contributed by atoms with Crippen LogP contribution in [0.25, 0.3) is 0 Å². The molecule has 0 aromatic carbocycles. The number of hydrogen-bond donors (Lipinski definition) is 3. The van der Waals surface area contributed by atoms with Crippen molar-refractivity contribution in [2.75, 3.05) is 0 Å². The van der Waals surface area contributed by atoms with Crippen LogP contribution in [0.15, 0.2) is 0 Å². The first-order valence-electron chi connectivity index (χ1n) is 0.783. The Hall–Kier alpha value is 1.32. The van der Waals surface area contributed by atoms with Gasteiger partial charge < -0.3 is 38.0 Å². The zero-order valence-electron chi connectivity index (χ0n) is 4.58. The zero-order chi connectivity index (χ0) is 4.50. The molecule has 9 heteroatoms. The molecule has 9 heavy (non-hydrogen) atoms. The molecule has 0 aliphatic carbocycles. The summed E-state index contributed by atoms with van der Waals surface area (Å²) in [6.45, 7) is 0. The van der Waals surface area contributed by atoms with Gasteiger partial charge in [-0.1, -0.05) is 0 Å². The fourth-order valence-electron chi connectivity index (χ4n) is 0. The number of hydrogen-bond acceptors (Lipinski definition) is 1. The van der Waals surface area contributed by atoms with E-state index in [1.165, 1.54) is 0 Å². The Kier molecular flexibility index (Phi) is 42.4. The van der Waals surface area contributed by atoms with E-state index in [-0.39, 0.29) is 52.9 Å². The predicted octanol–water partition coefficient (Wildman–Crippen LogP) is -8.57. The molecule has 0 atom stereocenters. The average Bonchev–Trinajstić information content (AvgIpc) is 0.722. The summed E-state index contributed by atoms with van der Waals surface area (Å²) in [7, 11) is -4.64. The van der Waals surface area contributed by atoms with Gasteiger partial charge in [0.2, 0.25) is 0 Å². The Morgan fingerprint density at radius 2 is 1.00 bits per heavy atom. The van der Waals surface area contributed by atoms with Crippen LogP contribution in [0, 0.1) is 0 Å². The molecule has 56 valence electrons. The van der Waals surface area contributed by atoms with Crippen LogP contribution in [0.3, 0.4) is 0 Å². The van der Waals surface area contributed by atoms with E-state index in [1.54, 1.807) is 0 Å². The Labute approximate surface area is 79.8 Å². The van der Waals surface area contributed by atoms with E-state index in [0.717, 1.165) is 0 Å². The van der Waals surface area contributed by atoms with E-state index in [2.05, 4.69) is 0 Å². The van der Waals surface area contributed by atoms with Gasteiger partial charge in [-0.05, 0) is 0 Å². The van der Waals surface area contributed by atoms with E-state index in [9.17, 15) is 0 Å². The summed E-state index contributed by atoms with van der Waals surface area (Å²) >= 11 is 0. The molecular formula is H7ClNaO6P. The molecule has 0 amide bonds. The minimum absolute atomic E-state index is 0. The summed E-state index contributed by atoms with van der Waals surface area (Å²) in [5.41, 5.74) is 0. The minimum atomic E-state index is -4.64. The quantitative estimate of drug-likeness (QED) is 0.259. The van der Waals surface area contributed by atoms with Crippen molar-refractivity contribution >= 4 is 7.82 Å². The van der Waals surface area contributed by atoms with Gasteiger partial charge in [-0.15, -0.1) is 0 Å². The van der Waals surface area contributed by atoms with Gasteiger partial charge in [-0.3, -0.25) is 0 Å². The standard InChI is InChI=1S/ClH.Na.H3O4P.2H2O/c;;1-5(2,3)4;;/h1H;;(H3,1,2,3,4);2*1H2/q;+1;;;/p-1. The van der Waals surface area contributed by atoms with Crippen LogP contribution in [-0.4, -0.2) is 25.6 Å². The van der Waals surface area contributed by atoms with E-state index >= 15 is 0 Å². The maximum absolute atomic E-state index is 8.88. The number of rotatable bonds is 0. The summed E-state index contributed by atoms with van der Waals surface area (Å²) in [5.74, 6) is 0. The second-order valence-electron chi connectivity index (χ2n) is 0.513. The van der Waals surface area contributed by atoms with Crippen molar-refractivity contribution in [1.82, 2.24) is 0 Å². The van der Waals surface area contributed by atoms with E-state index < -0.39 is 7.82 Å². The molecule has 0 heterocycles. The maximum atomic E-state index is 8.88. The van der Waals surface area contributed by atoms with Crippen LogP contribution in [0.5, 0.6) is 0 Å². The molecule has 0 saturated carbocycles. The zero-order valence-corrected chi connectivity index (χ0v) is 8.23. The van der Waals surface area contributed by atoms with Crippen LogP contribution in [0.1, 0.15) is 0 Å². The molecule has 0 fully saturated rings. The molecule has 0 aromatic rings. The van der Waals surface area contributed by atoms with E-state index in [0.29, 0.717) is 0 Å². The molecule has 0 aromatic heterocycles. The minimum Gasteiger partial charge on any atom is -1.00 e. The van der Waals surface area contributed by atoms with Gasteiger partial charge >= 0.3 is 37.4 Å². The molecule has 0 radical (unpaired) electrons. The fourth-order valence-corrected chi connectivity index (χ4v) is 0. The first-order valence-corrected chi connectivity index (χ1v) is 2.35. The monoisotopic (exact) mass is 192 g/mol. The summed E-state index contributed by atoms with van der Waals surface area (Å²) in [4.78, 5) is 21.6. The van der Waals surface area contributed by atoms with Gasteiger partial charge in [0.05, 0.1) is 0 Å². The van der Waals surface area contributed by atoms with Crippen LogP contribution < -0.4 is 42.0 Å². The van der Waals surface area contributed by atoms with Gasteiger partial charge in [0.15, 0.2) is 0 Å². The largest absolute Gasteiger partial charge is 1.00 e. The summed E-state index contributed by atoms with van der Waals surface area (Å²) in [6.07, 6.45) is 0. The van der Waals surface area contributed by atoms with Gasteiger partial charge in [-0.25, -0.2) is 4.57 Å². The molecule has 0 unspecified atom stereocenters. The fraction of sp³-hybridized carbons (Fsp3) is 0. The molecule has 0 aliphatic rings. The molecule has 0 bridgehead atoms. The van der Waals surface area contributed by atoms with Crippen LogP contribution in [-0.2, 0) is 4.57 Å². The van der Waals surface area contributed by atoms with Crippen molar-refractivity contribution in [3.8, 4) is 0 Å². The molecule has 0 rings (SSSR count). The van der Waals surface area contributed by atoms with Gasteiger partial charge in [0.1, 0.15) is 0 Å². The van der Waals surface area contributed by atoms with Crippen LogP contribution >= 0.6 is 7.82 Å². The molecular weight excluding hydrogens is 185 g/mol. The molecule has 0 spiro atoms. The maximum Gasteiger partial charge on any atom is 1.00 e. The average molecular weight is 192 g/mol. The molecule has 7 N–H and O–H groups in total. The third-order valence-corrected chi connectivity index (χ3v) is 0. The van der Waals surface area contributed by atoms with Gasteiger partial charge in [-0.2, -0.15) is 0 Å². The predicted molar refractivity (Wildman–Crippen MR) is 21.5 cm³/mol. The van der Waals surface area contributed by atoms with Crippen molar-refractivity contribution in [2.24, 2.45) is 0 Å². The Morgan fingerprint density at radius 3 is 1.00 bits per heavy atom. The second-order valence-corrected chi connectivity index (χ2v) is 1.54. The summed E-state index contributed by atoms with van der Waals surface area (Å²) in [5, 5.41) is 0. The Balaban J connectivity index is -0.0000000133. The van der Waals surface area contributed by atoms with E-state index in [1.807, 2.05) is 0 Å². The SMILES string of the molecule is O.O.O=P(O)(O)O.[Cl-].[Na+]. The Bertz CT molecular complexity index is 59.2. The smallest absolute Gasteiger partial charge is 1.00 e. The second kappa shape index (κ2) is 12.0. The normalized spacial score (nSPS) is 6.56. The molecule has 6 nitrogen and oxygen atoms in total. The van der Waals surface area contributed by atoms with Crippen molar-refractivity contribution in [3.05, 3.63) is 0 Å². The van der Waals surface area contributed by atoms with Crippen LogP contribution in [0.2, 0.25) is 0 Å². The molecule has 0 aliphatic heterocycles. The van der Waals surface area contributed by atoms with Gasteiger partial charge in [0, 0.05) is 0 Å². The first-order chi connectivity index (χ1) is 2.00. The molecule has 0 saturated heterocycles. The number of halogens is 1. The first kappa shape index (κ1) is 31.7. The van der Waals surface area contributed by atoms with Gasteiger partial charge in [0.25, 0.3) is 0 Å². The Morgan fingerprint density at radius 1 is 1.00 bits per heavy atom. The van der Waals surface area contributed by atoms with Crippen molar-refractivity contribution in [1.29, 1.82) is 0 Å². The van der Waals surface area contributed by atoms with E-state index in [4.69, 9.17) is 19.2 Å². The van der Waals surface area contributed by atoms with Crippen LogP contribution in [0.4, 0.5) is 0 Å². The van der Waals surface area contributed by atoms with Crippen molar-refractivity contribution < 1.29 is 72.2 Å². The summed E-state index contributed by atoms with van der Waals surface area (Å²) < 4.78 is 8.88. The van der Waals surface area contributed by atoms with Crippen molar-refractivity contribution in [3.63, 3.8) is 0 Å². The topological polar surface area (TPSA) is 141 Å². The number of phosphoric acid groups is 1.